The standard InChI is InChI=1S/C15H19BrN4O/c1-10-11(8-18-19-10)3-2-6-17-15(21)14-7-12(16)9-20(14)13-4-5-13/h7-9,13H,2-6H2,1H3,(H,17,21)(H,18,19). The smallest absolute Gasteiger partial charge is 0.267 e. The van der Waals surface area contributed by atoms with Crippen LogP contribution in [0.4, 0.5) is 0 Å². The number of hydrogen-bond acceptors (Lipinski definition) is 2. The fraction of sp³-hybridized carbons (Fsp3) is 0.467. The van der Waals surface area contributed by atoms with E-state index in [2.05, 4.69) is 36.0 Å². The van der Waals surface area contributed by atoms with Crippen molar-refractivity contribution in [2.75, 3.05) is 6.54 Å². The van der Waals surface area contributed by atoms with Crippen molar-refractivity contribution in [3.63, 3.8) is 0 Å². The van der Waals surface area contributed by atoms with Crippen LogP contribution in [0.15, 0.2) is 22.9 Å². The molecule has 2 aromatic rings. The summed E-state index contributed by atoms with van der Waals surface area (Å²) >= 11 is 3.45. The molecule has 6 heteroatoms. The number of nitrogens with zero attached hydrogens (tertiary/aromatic N) is 2. The topological polar surface area (TPSA) is 62.7 Å². The van der Waals surface area contributed by atoms with Gasteiger partial charge in [0.2, 0.25) is 0 Å². The number of halogens is 1. The number of carbonyl (C=O) groups is 1. The van der Waals surface area contributed by atoms with Gasteiger partial charge in [-0.1, -0.05) is 0 Å². The maximum atomic E-state index is 12.3. The minimum absolute atomic E-state index is 0.0107. The van der Waals surface area contributed by atoms with E-state index in [-0.39, 0.29) is 5.91 Å². The predicted molar refractivity (Wildman–Crippen MR) is 84.4 cm³/mol. The average Bonchev–Trinajstić information content (AvgIpc) is 3.12. The fourth-order valence-electron chi connectivity index (χ4n) is 2.48. The molecule has 0 aliphatic heterocycles. The van der Waals surface area contributed by atoms with Crippen molar-refractivity contribution in [3.05, 3.63) is 39.9 Å². The molecule has 0 spiro atoms. The minimum atomic E-state index is 0.0107. The Morgan fingerprint density at radius 1 is 1.57 bits per heavy atom. The van der Waals surface area contributed by atoms with Gasteiger partial charge in [0.1, 0.15) is 5.69 Å². The SMILES string of the molecule is Cc1[nH]ncc1CCCNC(=O)c1cc(Br)cn1C1CC1. The van der Waals surface area contributed by atoms with Gasteiger partial charge in [-0.15, -0.1) is 0 Å². The Morgan fingerprint density at radius 2 is 2.38 bits per heavy atom. The lowest BCUT2D eigenvalue weighted by Gasteiger charge is -2.08. The molecule has 5 nitrogen and oxygen atoms in total. The molecule has 2 N–H and O–H groups in total. The van der Waals surface area contributed by atoms with Crippen LogP contribution in [-0.4, -0.2) is 27.2 Å². The van der Waals surface area contributed by atoms with Crippen molar-refractivity contribution < 1.29 is 4.79 Å². The monoisotopic (exact) mass is 350 g/mol. The predicted octanol–water partition coefficient (Wildman–Crippen LogP) is 2.98. The molecule has 1 fully saturated rings. The molecule has 0 atom stereocenters. The van der Waals surface area contributed by atoms with Crippen LogP contribution in [0.1, 0.15) is 47.1 Å². The van der Waals surface area contributed by atoms with Crippen molar-refractivity contribution in [1.29, 1.82) is 0 Å². The molecule has 2 aromatic heterocycles. The van der Waals surface area contributed by atoms with E-state index in [0.29, 0.717) is 12.6 Å². The molecule has 2 heterocycles. The van der Waals surface area contributed by atoms with Gasteiger partial charge in [0.05, 0.1) is 6.20 Å². The second kappa shape index (κ2) is 6.05. The Kier molecular flexibility index (Phi) is 4.14. The van der Waals surface area contributed by atoms with Crippen LogP contribution < -0.4 is 5.32 Å². The zero-order valence-corrected chi connectivity index (χ0v) is 13.6. The van der Waals surface area contributed by atoms with E-state index in [9.17, 15) is 4.79 Å². The highest BCUT2D eigenvalue weighted by Gasteiger charge is 2.27. The lowest BCUT2D eigenvalue weighted by molar-refractivity contribution is 0.0943. The van der Waals surface area contributed by atoms with E-state index in [1.165, 1.54) is 18.4 Å². The number of hydrogen-bond donors (Lipinski definition) is 2. The van der Waals surface area contributed by atoms with Crippen LogP contribution in [0, 0.1) is 6.92 Å². The summed E-state index contributed by atoms with van der Waals surface area (Å²) in [7, 11) is 0. The Bertz CT molecular complexity index is 642. The number of aromatic nitrogens is 3. The number of amides is 1. The Hall–Kier alpha value is -1.56. The van der Waals surface area contributed by atoms with E-state index >= 15 is 0 Å². The summed E-state index contributed by atoms with van der Waals surface area (Å²) in [6.07, 6.45) is 8.03. The largest absolute Gasteiger partial charge is 0.351 e. The van der Waals surface area contributed by atoms with Crippen molar-refractivity contribution in [3.8, 4) is 0 Å². The first kappa shape index (κ1) is 14.4. The minimum Gasteiger partial charge on any atom is -0.351 e. The number of aromatic amines is 1. The van der Waals surface area contributed by atoms with Crippen molar-refractivity contribution >= 4 is 21.8 Å². The van der Waals surface area contributed by atoms with E-state index in [4.69, 9.17) is 0 Å². The second-order valence-corrected chi connectivity index (χ2v) is 6.48. The van der Waals surface area contributed by atoms with E-state index in [0.717, 1.165) is 28.7 Å². The lowest BCUT2D eigenvalue weighted by Crippen LogP contribution is -2.26. The van der Waals surface area contributed by atoms with Crippen LogP contribution in [0.2, 0.25) is 0 Å². The maximum absolute atomic E-state index is 12.3. The van der Waals surface area contributed by atoms with Gasteiger partial charge in [0, 0.05) is 29.0 Å². The highest BCUT2D eigenvalue weighted by molar-refractivity contribution is 9.10. The molecule has 0 bridgehead atoms. The first-order valence-electron chi connectivity index (χ1n) is 7.29. The fourth-order valence-corrected chi connectivity index (χ4v) is 2.92. The number of carbonyl (C=O) groups excluding carboxylic acids is 1. The normalized spacial score (nSPS) is 14.4. The van der Waals surface area contributed by atoms with Gasteiger partial charge in [-0.05, 0) is 60.2 Å². The van der Waals surface area contributed by atoms with Crippen LogP contribution >= 0.6 is 15.9 Å². The first-order valence-corrected chi connectivity index (χ1v) is 8.09. The van der Waals surface area contributed by atoms with Gasteiger partial charge in [-0.3, -0.25) is 9.89 Å². The number of H-pyrrole nitrogens is 1. The van der Waals surface area contributed by atoms with Gasteiger partial charge >= 0.3 is 0 Å². The summed E-state index contributed by atoms with van der Waals surface area (Å²) in [5.41, 5.74) is 3.07. The molecular formula is C15H19BrN4O. The third kappa shape index (κ3) is 3.37. The summed E-state index contributed by atoms with van der Waals surface area (Å²) < 4.78 is 3.05. The molecule has 1 amide bonds. The number of aryl methyl sites for hydroxylation is 2. The highest BCUT2D eigenvalue weighted by atomic mass is 79.9. The summed E-state index contributed by atoms with van der Waals surface area (Å²) in [5.74, 6) is 0.0107. The molecule has 112 valence electrons. The molecule has 0 unspecified atom stereocenters. The third-order valence-electron chi connectivity index (χ3n) is 3.83. The Labute approximate surface area is 132 Å². The average molecular weight is 351 g/mol. The molecule has 21 heavy (non-hydrogen) atoms. The van der Waals surface area contributed by atoms with E-state index in [1.807, 2.05) is 25.4 Å². The number of rotatable bonds is 6. The molecule has 1 aliphatic rings. The van der Waals surface area contributed by atoms with Crippen LogP contribution in [0.5, 0.6) is 0 Å². The molecular weight excluding hydrogens is 332 g/mol. The zero-order chi connectivity index (χ0) is 14.8. The quantitative estimate of drug-likeness (QED) is 0.786. The Morgan fingerprint density at radius 3 is 3.05 bits per heavy atom. The van der Waals surface area contributed by atoms with Gasteiger partial charge in [-0.25, -0.2) is 0 Å². The van der Waals surface area contributed by atoms with Crippen LogP contribution in [0.3, 0.4) is 0 Å². The van der Waals surface area contributed by atoms with Crippen molar-refractivity contribution in [1.82, 2.24) is 20.1 Å². The van der Waals surface area contributed by atoms with Crippen LogP contribution in [0.25, 0.3) is 0 Å². The third-order valence-corrected chi connectivity index (χ3v) is 4.26. The molecule has 0 saturated heterocycles. The summed E-state index contributed by atoms with van der Waals surface area (Å²) in [6, 6.07) is 2.40. The summed E-state index contributed by atoms with van der Waals surface area (Å²) in [5, 5.41) is 9.94. The van der Waals surface area contributed by atoms with Crippen molar-refractivity contribution in [2.45, 2.75) is 38.6 Å². The molecule has 3 rings (SSSR count). The summed E-state index contributed by atoms with van der Waals surface area (Å²) in [6.45, 7) is 2.69. The number of nitrogens with one attached hydrogen (secondary N) is 2. The molecule has 0 aromatic carbocycles. The molecule has 1 aliphatic carbocycles. The van der Waals surface area contributed by atoms with E-state index < -0.39 is 0 Å². The zero-order valence-electron chi connectivity index (χ0n) is 12.0. The van der Waals surface area contributed by atoms with Gasteiger partial charge in [0.25, 0.3) is 5.91 Å². The maximum Gasteiger partial charge on any atom is 0.267 e. The molecule has 1 saturated carbocycles. The second-order valence-electron chi connectivity index (χ2n) is 5.56. The highest BCUT2D eigenvalue weighted by Crippen LogP contribution is 2.37. The van der Waals surface area contributed by atoms with Crippen molar-refractivity contribution in [2.24, 2.45) is 0 Å². The molecule has 0 radical (unpaired) electrons. The van der Waals surface area contributed by atoms with Gasteiger partial charge in [-0.2, -0.15) is 5.10 Å². The summed E-state index contributed by atoms with van der Waals surface area (Å²) in [4.78, 5) is 12.3. The van der Waals surface area contributed by atoms with Gasteiger partial charge < -0.3 is 9.88 Å². The van der Waals surface area contributed by atoms with E-state index in [1.54, 1.807) is 0 Å². The van der Waals surface area contributed by atoms with Crippen LogP contribution in [-0.2, 0) is 6.42 Å². The Balaban J connectivity index is 1.51. The van der Waals surface area contributed by atoms with Gasteiger partial charge in [0.15, 0.2) is 0 Å². The lowest BCUT2D eigenvalue weighted by atomic mass is 10.1. The first-order chi connectivity index (χ1) is 10.1.